The number of rotatable bonds is 9. The lowest BCUT2D eigenvalue weighted by Gasteiger charge is -2.40. The number of carbonyl (C=O) groups is 1. The normalized spacial score (nSPS) is 29.3. The lowest BCUT2D eigenvalue weighted by molar-refractivity contribution is -0.140. The van der Waals surface area contributed by atoms with Crippen molar-refractivity contribution in [2.75, 3.05) is 41.0 Å². The molecule has 21 heavy (non-hydrogen) atoms. The highest BCUT2D eigenvalue weighted by Crippen LogP contribution is 2.39. The monoisotopic (exact) mass is 300 g/mol. The highest BCUT2D eigenvalue weighted by Gasteiger charge is 2.47. The van der Waals surface area contributed by atoms with Crippen LogP contribution in [0.2, 0.25) is 0 Å². The van der Waals surface area contributed by atoms with Crippen molar-refractivity contribution in [1.29, 1.82) is 0 Å². The van der Waals surface area contributed by atoms with Gasteiger partial charge >= 0.3 is 0 Å². The fourth-order valence-corrected chi connectivity index (χ4v) is 2.53. The molecule has 0 radical (unpaired) electrons. The van der Waals surface area contributed by atoms with E-state index in [0.29, 0.717) is 5.57 Å². The molecule has 0 fully saturated rings. The summed E-state index contributed by atoms with van der Waals surface area (Å²) < 4.78 is 20.2. The van der Waals surface area contributed by atoms with E-state index >= 15 is 0 Å². The highest BCUT2D eigenvalue weighted by molar-refractivity contribution is 6.01. The van der Waals surface area contributed by atoms with Crippen molar-refractivity contribution >= 4 is 5.78 Å². The Morgan fingerprint density at radius 3 is 2.52 bits per heavy atom. The summed E-state index contributed by atoms with van der Waals surface area (Å²) in [6.07, 6.45) is 2.29. The van der Waals surface area contributed by atoms with Crippen LogP contribution in [0.25, 0.3) is 0 Å². The predicted octanol–water partition coefficient (Wildman–Crippen LogP) is 0.906. The Kier molecular flexibility index (Phi) is 7.21. The Labute approximate surface area is 125 Å². The number of ether oxygens (including phenoxy) is 4. The molecule has 1 N–H and O–H groups in total. The first-order valence-electron chi connectivity index (χ1n) is 6.70. The molecule has 0 bridgehead atoms. The third kappa shape index (κ3) is 4.21. The van der Waals surface area contributed by atoms with E-state index in [-0.39, 0.29) is 32.6 Å². The minimum atomic E-state index is -0.903. The second kappa shape index (κ2) is 8.41. The molecule has 0 unspecified atom stereocenters. The zero-order valence-electron chi connectivity index (χ0n) is 12.8. The largest absolute Gasteiger partial charge is 0.388 e. The molecule has 0 saturated carbocycles. The van der Waals surface area contributed by atoms with E-state index in [0.717, 1.165) is 0 Å². The number of hydrogen-bond donors (Lipinski definition) is 1. The van der Waals surface area contributed by atoms with Gasteiger partial charge in [0.15, 0.2) is 5.78 Å². The average Bonchev–Trinajstić information content (AvgIpc) is 2.45. The van der Waals surface area contributed by atoms with Gasteiger partial charge in [-0.25, -0.2) is 0 Å². The van der Waals surface area contributed by atoms with Gasteiger partial charge < -0.3 is 24.1 Å². The van der Waals surface area contributed by atoms with E-state index in [4.69, 9.17) is 18.9 Å². The molecule has 6 nitrogen and oxygen atoms in total. The van der Waals surface area contributed by atoms with Crippen LogP contribution in [0.15, 0.2) is 24.3 Å². The molecule has 6 heteroatoms. The maximum absolute atomic E-state index is 12.7. The summed E-state index contributed by atoms with van der Waals surface area (Å²) in [6, 6.07) is 0. The summed E-state index contributed by atoms with van der Waals surface area (Å²) >= 11 is 0. The Balaban J connectivity index is 2.90. The van der Waals surface area contributed by atoms with Gasteiger partial charge in [0, 0.05) is 25.7 Å². The predicted molar refractivity (Wildman–Crippen MR) is 76.5 cm³/mol. The first-order chi connectivity index (χ1) is 10.0. The van der Waals surface area contributed by atoms with Crippen LogP contribution in [0.4, 0.5) is 0 Å². The molecular formula is C15H24O6. The van der Waals surface area contributed by atoms with Gasteiger partial charge in [0.1, 0.15) is 13.6 Å². The summed E-state index contributed by atoms with van der Waals surface area (Å²) in [6.45, 7) is 5.86. The molecule has 120 valence electrons. The number of aliphatic hydroxyl groups excluding tert-OH is 1. The topological polar surface area (TPSA) is 74.2 Å². The third-order valence-electron chi connectivity index (χ3n) is 3.60. The summed E-state index contributed by atoms with van der Waals surface area (Å²) in [5.41, 5.74) is -0.485. The van der Waals surface area contributed by atoms with E-state index in [1.54, 1.807) is 13.0 Å². The van der Waals surface area contributed by atoms with Crippen LogP contribution >= 0.6 is 0 Å². The summed E-state index contributed by atoms with van der Waals surface area (Å²) in [7, 11) is 3.01. The van der Waals surface area contributed by atoms with Crippen molar-refractivity contribution in [3.8, 4) is 0 Å². The van der Waals surface area contributed by atoms with Crippen LogP contribution in [0.1, 0.15) is 6.92 Å². The number of carbonyl (C=O) groups excluding carboxylic acids is 1. The van der Waals surface area contributed by atoms with Gasteiger partial charge in [-0.05, 0) is 13.0 Å². The van der Waals surface area contributed by atoms with Gasteiger partial charge in [0.05, 0.1) is 24.7 Å². The Morgan fingerprint density at radius 2 is 1.95 bits per heavy atom. The van der Waals surface area contributed by atoms with Crippen molar-refractivity contribution in [3.63, 3.8) is 0 Å². The van der Waals surface area contributed by atoms with Crippen molar-refractivity contribution in [2.24, 2.45) is 11.3 Å². The molecule has 1 rings (SSSR count). The quantitative estimate of drug-likeness (QED) is 0.387. The van der Waals surface area contributed by atoms with Crippen LogP contribution in [0, 0.1) is 11.3 Å². The summed E-state index contributed by atoms with van der Waals surface area (Å²) in [4.78, 5) is 12.7. The molecule has 0 aromatic carbocycles. The lowest BCUT2D eigenvalue weighted by Crippen LogP contribution is -2.48. The third-order valence-corrected chi connectivity index (χ3v) is 3.60. The molecule has 0 aromatic heterocycles. The first kappa shape index (κ1) is 18.0. The van der Waals surface area contributed by atoms with E-state index in [9.17, 15) is 9.90 Å². The molecule has 0 heterocycles. The molecule has 0 aliphatic heterocycles. The second-order valence-corrected chi connectivity index (χ2v) is 5.20. The SMILES string of the molecule is C=C[C@H]1[C@H](O)C=C(COCOC)C(=O)[C@@]1(C)COCOC. The first-order valence-corrected chi connectivity index (χ1v) is 6.70. The van der Waals surface area contributed by atoms with Crippen LogP contribution in [-0.4, -0.2) is 58.0 Å². The van der Waals surface area contributed by atoms with E-state index in [1.807, 2.05) is 0 Å². The summed E-state index contributed by atoms with van der Waals surface area (Å²) in [5, 5.41) is 10.2. The highest BCUT2D eigenvalue weighted by atomic mass is 16.7. The molecule has 0 saturated heterocycles. The van der Waals surface area contributed by atoms with Crippen molar-refractivity contribution in [2.45, 2.75) is 13.0 Å². The molecular weight excluding hydrogens is 276 g/mol. The van der Waals surface area contributed by atoms with Gasteiger partial charge in [-0.15, -0.1) is 6.58 Å². The Morgan fingerprint density at radius 1 is 1.33 bits per heavy atom. The van der Waals surface area contributed by atoms with Crippen molar-refractivity contribution in [3.05, 3.63) is 24.3 Å². The standard InChI is InChI=1S/C15H24O6/c1-5-12-13(16)6-11(7-20-9-18-3)14(17)15(12,2)8-21-10-19-4/h5-6,12-13,16H,1,7-10H2,2-4H3/t12-,13+,15-/m0/s1. The van der Waals surface area contributed by atoms with E-state index in [1.165, 1.54) is 20.3 Å². The maximum Gasteiger partial charge on any atom is 0.169 e. The molecule has 1 aliphatic rings. The lowest BCUT2D eigenvalue weighted by atomic mass is 9.66. The van der Waals surface area contributed by atoms with Crippen LogP contribution in [0.5, 0.6) is 0 Å². The van der Waals surface area contributed by atoms with Gasteiger partial charge in [-0.3, -0.25) is 4.79 Å². The van der Waals surface area contributed by atoms with Gasteiger partial charge in [0.25, 0.3) is 0 Å². The van der Waals surface area contributed by atoms with Crippen LogP contribution in [-0.2, 0) is 23.7 Å². The summed E-state index contributed by atoms with van der Waals surface area (Å²) in [5.74, 6) is -0.544. The van der Waals surface area contributed by atoms with Crippen LogP contribution in [0.3, 0.4) is 0 Å². The fourth-order valence-electron chi connectivity index (χ4n) is 2.53. The Bertz CT molecular complexity index is 392. The molecule has 1 aliphatic carbocycles. The van der Waals surface area contributed by atoms with E-state index in [2.05, 4.69) is 6.58 Å². The molecule has 0 spiro atoms. The molecule has 3 atom stereocenters. The van der Waals surface area contributed by atoms with Crippen molar-refractivity contribution in [1.82, 2.24) is 0 Å². The number of ketones is 1. The smallest absolute Gasteiger partial charge is 0.169 e. The van der Waals surface area contributed by atoms with Gasteiger partial charge in [0.2, 0.25) is 0 Å². The number of hydrogen-bond acceptors (Lipinski definition) is 6. The maximum atomic E-state index is 12.7. The second-order valence-electron chi connectivity index (χ2n) is 5.20. The minimum absolute atomic E-state index is 0.0854. The average molecular weight is 300 g/mol. The van der Waals surface area contributed by atoms with E-state index < -0.39 is 17.4 Å². The number of Topliss-reactive ketones (excluding diaryl/α,β-unsaturated/α-hetero) is 1. The zero-order chi connectivity index (χ0) is 15.9. The van der Waals surface area contributed by atoms with Crippen LogP contribution < -0.4 is 0 Å². The van der Waals surface area contributed by atoms with Gasteiger partial charge in [-0.2, -0.15) is 0 Å². The Hall–Kier alpha value is -1.05. The fraction of sp³-hybridized carbons (Fsp3) is 0.667. The van der Waals surface area contributed by atoms with Crippen molar-refractivity contribution < 1.29 is 28.8 Å². The minimum Gasteiger partial charge on any atom is -0.388 e. The molecule has 0 aromatic rings. The number of methoxy groups -OCH3 is 2. The zero-order valence-corrected chi connectivity index (χ0v) is 12.8. The number of aliphatic hydroxyl groups is 1. The molecule has 0 amide bonds. The van der Waals surface area contributed by atoms with Gasteiger partial charge in [-0.1, -0.05) is 6.08 Å².